The Hall–Kier alpha value is -5.12. The van der Waals surface area contributed by atoms with Crippen LogP contribution in [0.2, 0.25) is 0 Å². The fourth-order valence-electron chi connectivity index (χ4n) is 4.69. The lowest BCUT2D eigenvalue weighted by Gasteiger charge is -2.18. The van der Waals surface area contributed by atoms with Crippen LogP contribution in [0.3, 0.4) is 0 Å². The van der Waals surface area contributed by atoms with E-state index in [1.165, 1.54) is 35.2 Å². The van der Waals surface area contributed by atoms with Crippen LogP contribution >= 0.6 is 0 Å². The number of amides is 1. The number of aryl methyl sites for hydroxylation is 1. The third-order valence-corrected chi connectivity index (χ3v) is 6.70. The van der Waals surface area contributed by atoms with Crippen molar-refractivity contribution in [2.24, 2.45) is 5.10 Å². The lowest BCUT2D eigenvalue weighted by molar-refractivity contribution is -0.137. The first-order valence-electron chi connectivity index (χ1n) is 12.7. The van der Waals surface area contributed by atoms with E-state index < -0.39 is 23.6 Å². The van der Waals surface area contributed by atoms with Gasteiger partial charge in [0.05, 0.1) is 22.5 Å². The second kappa shape index (κ2) is 10.8. The van der Waals surface area contributed by atoms with E-state index in [1.807, 2.05) is 19.1 Å². The molecule has 0 fully saturated rings. The molecule has 0 radical (unpaired) electrons. The summed E-state index contributed by atoms with van der Waals surface area (Å²) in [5, 5.41) is 24.4. The third kappa shape index (κ3) is 5.36. The van der Waals surface area contributed by atoms with E-state index in [2.05, 4.69) is 10.5 Å². The summed E-state index contributed by atoms with van der Waals surface area (Å²) in [6, 6.07) is 20.8. The number of carboxylic acids is 1. The molecule has 208 valence electrons. The van der Waals surface area contributed by atoms with Crippen molar-refractivity contribution in [2.45, 2.75) is 25.9 Å². The van der Waals surface area contributed by atoms with Crippen LogP contribution in [0.15, 0.2) is 90.0 Å². The molecule has 3 N–H and O–H groups in total. The Balaban J connectivity index is 1.54. The molecule has 1 amide bonds. The number of hydrazone groups is 1. The summed E-state index contributed by atoms with van der Waals surface area (Å²) in [7, 11) is 0. The van der Waals surface area contributed by atoms with Gasteiger partial charge in [-0.3, -0.25) is 15.1 Å². The number of aromatic carboxylic acids is 1. The maximum atomic E-state index is 13.6. The maximum Gasteiger partial charge on any atom is 0.416 e. The first-order chi connectivity index (χ1) is 19.6. The molecule has 0 aliphatic carbocycles. The number of phenols is 1. The molecule has 0 bridgehead atoms. The van der Waals surface area contributed by atoms with Crippen molar-refractivity contribution in [3.05, 3.63) is 107 Å². The van der Waals surface area contributed by atoms with Crippen LogP contribution < -0.4 is 10.3 Å². The molecule has 0 spiro atoms. The van der Waals surface area contributed by atoms with Crippen molar-refractivity contribution < 1.29 is 33.0 Å². The van der Waals surface area contributed by atoms with E-state index in [0.717, 1.165) is 30.5 Å². The second-order valence-electron chi connectivity index (χ2n) is 9.45. The van der Waals surface area contributed by atoms with Gasteiger partial charge in [-0.15, -0.1) is 0 Å². The van der Waals surface area contributed by atoms with Crippen LogP contribution in [0.5, 0.6) is 5.75 Å². The highest BCUT2D eigenvalue weighted by atomic mass is 19.4. The second-order valence-corrected chi connectivity index (χ2v) is 9.45. The number of hydrogen-bond donors (Lipinski definition) is 3. The molecule has 4 aromatic carbocycles. The number of phenolic OH excluding ortho intramolecular Hbond substituents is 1. The topological polar surface area (TPSA) is 102 Å². The Labute approximate surface area is 233 Å². The summed E-state index contributed by atoms with van der Waals surface area (Å²) in [5.41, 5.74) is 4.02. The molecular formula is C31H24F3N3O4. The number of nitrogens with zero attached hydrogens (tertiary/aromatic N) is 2. The number of aromatic hydroxyl groups is 1. The van der Waals surface area contributed by atoms with Gasteiger partial charge in [0.15, 0.2) is 5.71 Å². The fourth-order valence-corrected chi connectivity index (χ4v) is 4.69. The number of carbonyl (C=O) groups excluding carboxylic acids is 1. The van der Waals surface area contributed by atoms with Gasteiger partial charge in [-0.25, -0.2) is 4.79 Å². The highest BCUT2D eigenvalue weighted by Crippen LogP contribution is 2.41. The average molecular weight is 560 g/mol. The SMILES string of the molecule is CCCc1ccc(N2C(=O)C(=NNc3cccc(-c4cccc(C(=O)O)c4)c3O)c3cc(C(F)(F)F)ccc32)cc1. The number of benzene rings is 4. The number of carboxylic acid groups (broad SMARTS) is 1. The fraction of sp³-hybridized carbons (Fsp3) is 0.129. The van der Waals surface area contributed by atoms with E-state index in [0.29, 0.717) is 16.8 Å². The van der Waals surface area contributed by atoms with E-state index in [4.69, 9.17) is 0 Å². The summed E-state index contributed by atoms with van der Waals surface area (Å²) in [6.45, 7) is 2.04. The summed E-state index contributed by atoms with van der Waals surface area (Å²) in [6.07, 6.45) is -2.85. The van der Waals surface area contributed by atoms with Gasteiger partial charge in [-0.05, 0) is 66.1 Å². The van der Waals surface area contributed by atoms with Crippen LogP contribution in [-0.2, 0) is 17.4 Å². The molecule has 7 nitrogen and oxygen atoms in total. The first-order valence-corrected chi connectivity index (χ1v) is 12.7. The number of nitrogens with one attached hydrogen (secondary N) is 1. The predicted octanol–water partition coefficient (Wildman–Crippen LogP) is 7.22. The molecular weight excluding hydrogens is 535 g/mol. The Morgan fingerprint density at radius 1 is 0.951 bits per heavy atom. The molecule has 0 saturated heterocycles. The zero-order valence-electron chi connectivity index (χ0n) is 21.7. The number of carbonyl (C=O) groups is 2. The number of hydrogen-bond acceptors (Lipinski definition) is 5. The van der Waals surface area contributed by atoms with Gasteiger partial charge in [0.1, 0.15) is 5.75 Å². The molecule has 5 rings (SSSR count). The highest BCUT2D eigenvalue weighted by Gasteiger charge is 2.39. The smallest absolute Gasteiger partial charge is 0.416 e. The molecule has 0 unspecified atom stereocenters. The molecule has 1 aliphatic rings. The van der Waals surface area contributed by atoms with Gasteiger partial charge >= 0.3 is 12.1 Å². The van der Waals surface area contributed by atoms with Crippen LogP contribution in [-0.4, -0.2) is 27.8 Å². The first kappa shape index (κ1) is 27.4. The number of fused-ring (bicyclic) bond motifs is 1. The molecule has 10 heteroatoms. The maximum absolute atomic E-state index is 13.6. The molecule has 41 heavy (non-hydrogen) atoms. The summed E-state index contributed by atoms with van der Waals surface area (Å²) in [4.78, 5) is 26.3. The van der Waals surface area contributed by atoms with Crippen molar-refractivity contribution in [3.63, 3.8) is 0 Å². The number of rotatable bonds is 7. The largest absolute Gasteiger partial charge is 0.505 e. The highest BCUT2D eigenvalue weighted by molar-refractivity contribution is 6.55. The van der Waals surface area contributed by atoms with Gasteiger partial charge in [0.25, 0.3) is 5.91 Å². The average Bonchev–Trinajstić information content (AvgIpc) is 3.23. The number of anilines is 3. The Kier molecular flexibility index (Phi) is 7.23. The van der Waals surface area contributed by atoms with Gasteiger partial charge < -0.3 is 10.2 Å². The molecule has 1 aliphatic heterocycles. The predicted molar refractivity (Wildman–Crippen MR) is 150 cm³/mol. The van der Waals surface area contributed by atoms with Crippen LogP contribution in [0, 0.1) is 0 Å². The van der Waals surface area contributed by atoms with Gasteiger partial charge in [-0.2, -0.15) is 18.3 Å². The van der Waals surface area contributed by atoms with E-state index >= 15 is 0 Å². The van der Waals surface area contributed by atoms with Crippen molar-refractivity contribution in [2.75, 3.05) is 10.3 Å². The quantitative estimate of drug-likeness (QED) is 0.164. The van der Waals surface area contributed by atoms with Crippen LogP contribution in [0.25, 0.3) is 11.1 Å². The van der Waals surface area contributed by atoms with Crippen LogP contribution in [0.4, 0.5) is 30.2 Å². The number of halogens is 3. The third-order valence-electron chi connectivity index (χ3n) is 6.70. The summed E-state index contributed by atoms with van der Waals surface area (Å²) < 4.78 is 40.7. The van der Waals surface area contributed by atoms with Gasteiger partial charge in [0, 0.05) is 16.8 Å². The minimum absolute atomic E-state index is 0.0141. The molecule has 1 heterocycles. The molecule has 0 saturated carbocycles. The van der Waals surface area contributed by atoms with Crippen molar-refractivity contribution >= 4 is 34.7 Å². The van der Waals surface area contributed by atoms with Crippen molar-refractivity contribution in [3.8, 4) is 16.9 Å². The number of para-hydroxylation sites is 1. The van der Waals surface area contributed by atoms with E-state index in [1.54, 1.807) is 30.3 Å². The van der Waals surface area contributed by atoms with E-state index in [-0.39, 0.29) is 34.0 Å². The zero-order chi connectivity index (χ0) is 29.3. The Bertz CT molecular complexity index is 1680. The minimum atomic E-state index is -4.64. The normalized spacial score (nSPS) is 13.9. The van der Waals surface area contributed by atoms with Crippen LogP contribution in [0.1, 0.15) is 40.4 Å². The lowest BCUT2D eigenvalue weighted by atomic mass is 10.0. The molecule has 0 atom stereocenters. The monoisotopic (exact) mass is 559 g/mol. The number of alkyl halides is 3. The van der Waals surface area contributed by atoms with Crippen molar-refractivity contribution in [1.29, 1.82) is 0 Å². The Morgan fingerprint density at radius 2 is 1.68 bits per heavy atom. The Morgan fingerprint density at radius 3 is 2.37 bits per heavy atom. The van der Waals surface area contributed by atoms with Gasteiger partial charge in [-0.1, -0.05) is 49.7 Å². The molecule has 0 aromatic heterocycles. The lowest BCUT2D eigenvalue weighted by Crippen LogP contribution is -2.26. The molecule has 4 aromatic rings. The van der Waals surface area contributed by atoms with Crippen molar-refractivity contribution in [1.82, 2.24) is 0 Å². The standard InChI is InChI=1S/C31H24F3N3O4/c1-2-5-18-10-13-22(14-11-18)37-26-15-12-21(31(32,33)34)17-24(26)27(29(37)39)36-35-25-9-4-8-23(28(25)38)19-6-3-7-20(16-19)30(40)41/h3-4,6-17,35,38H,2,5H2,1H3,(H,40,41). The van der Waals surface area contributed by atoms with Gasteiger partial charge in [0.2, 0.25) is 0 Å². The van der Waals surface area contributed by atoms with E-state index in [9.17, 15) is 33.0 Å². The zero-order valence-corrected chi connectivity index (χ0v) is 21.7. The summed E-state index contributed by atoms with van der Waals surface area (Å²) >= 11 is 0. The summed E-state index contributed by atoms with van der Waals surface area (Å²) in [5.74, 6) is -2.05. The minimum Gasteiger partial charge on any atom is -0.505 e.